The van der Waals surface area contributed by atoms with Gasteiger partial charge in [-0.15, -0.1) is 0 Å². The number of anilines is 1. The molecule has 0 radical (unpaired) electrons. The molecule has 1 aliphatic heterocycles. The van der Waals surface area contributed by atoms with Gasteiger partial charge in [0.2, 0.25) is 0 Å². The lowest BCUT2D eigenvalue weighted by atomic mass is 10.2. The van der Waals surface area contributed by atoms with Gasteiger partial charge < -0.3 is 14.9 Å². The summed E-state index contributed by atoms with van der Waals surface area (Å²) in [6, 6.07) is 5.28. The Kier molecular flexibility index (Phi) is 3.03. The van der Waals surface area contributed by atoms with Crippen molar-refractivity contribution in [1.29, 1.82) is 0 Å². The number of phenolic OH excluding ortho intramolecular Hbond substituents is 1. The van der Waals surface area contributed by atoms with Gasteiger partial charge in [0, 0.05) is 37.3 Å². The molecule has 1 aliphatic rings. The van der Waals surface area contributed by atoms with E-state index >= 15 is 0 Å². The average molecular weight is 227 g/mol. The van der Waals surface area contributed by atoms with Crippen LogP contribution in [0.15, 0.2) is 18.2 Å². The first-order valence-electron chi connectivity index (χ1n) is 5.09. The molecule has 4 heteroatoms. The zero-order chi connectivity index (χ0) is 10.8. The first-order chi connectivity index (χ1) is 7.16. The smallest absolute Gasteiger partial charge is 0.140 e. The number of rotatable bonds is 1. The van der Waals surface area contributed by atoms with E-state index in [2.05, 4.69) is 16.8 Å². The third-order valence-corrected chi connectivity index (χ3v) is 3.02. The zero-order valence-electron chi connectivity index (χ0n) is 8.78. The van der Waals surface area contributed by atoms with Crippen molar-refractivity contribution in [3.63, 3.8) is 0 Å². The summed E-state index contributed by atoms with van der Waals surface area (Å²) >= 11 is 5.79. The fourth-order valence-corrected chi connectivity index (χ4v) is 1.98. The molecule has 1 fully saturated rings. The Hall–Kier alpha value is -0.930. The number of phenols is 1. The van der Waals surface area contributed by atoms with Gasteiger partial charge in [-0.3, -0.25) is 0 Å². The second-order valence-corrected chi connectivity index (χ2v) is 4.36. The normalized spacial score (nSPS) is 18.1. The van der Waals surface area contributed by atoms with Crippen molar-refractivity contribution in [3.8, 4) is 5.75 Å². The van der Waals surface area contributed by atoms with E-state index in [1.165, 1.54) is 0 Å². The van der Waals surface area contributed by atoms with Crippen LogP contribution in [0.4, 0.5) is 5.69 Å². The Labute approximate surface area is 94.9 Å². The summed E-state index contributed by atoms with van der Waals surface area (Å²) in [6.45, 7) is 3.96. The van der Waals surface area contributed by atoms with Crippen LogP contribution in [0.25, 0.3) is 0 Å². The van der Waals surface area contributed by atoms with E-state index in [9.17, 15) is 5.11 Å². The van der Waals surface area contributed by atoms with Crippen LogP contribution >= 0.6 is 11.6 Å². The first-order valence-corrected chi connectivity index (χ1v) is 5.46. The summed E-state index contributed by atoms with van der Waals surface area (Å²) in [7, 11) is 2.11. The van der Waals surface area contributed by atoms with E-state index in [0.717, 1.165) is 31.9 Å². The van der Waals surface area contributed by atoms with Gasteiger partial charge in [0.25, 0.3) is 0 Å². The zero-order valence-corrected chi connectivity index (χ0v) is 9.54. The van der Waals surface area contributed by atoms with Crippen molar-refractivity contribution < 1.29 is 5.11 Å². The van der Waals surface area contributed by atoms with Crippen LogP contribution in [-0.2, 0) is 0 Å². The number of aromatic hydroxyl groups is 1. The predicted molar refractivity (Wildman–Crippen MR) is 62.8 cm³/mol. The van der Waals surface area contributed by atoms with Crippen LogP contribution in [-0.4, -0.2) is 43.2 Å². The number of halogens is 1. The number of hydrogen-bond donors (Lipinski definition) is 1. The van der Waals surface area contributed by atoms with Crippen molar-refractivity contribution >= 4 is 17.3 Å². The molecule has 15 heavy (non-hydrogen) atoms. The lowest BCUT2D eigenvalue weighted by Crippen LogP contribution is -2.44. The minimum atomic E-state index is 0.270. The molecule has 1 aromatic carbocycles. The molecule has 0 aliphatic carbocycles. The van der Waals surface area contributed by atoms with Crippen LogP contribution in [0.1, 0.15) is 0 Å². The highest BCUT2D eigenvalue weighted by atomic mass is 35.5. The monoisotopic (exact) mass is 226 g/mol. The first kappa shape index (κ1) is 10.6. The molecule has 0 unspecified atom stereocenters. The maximum absolute atomic E-state index is 9.77. The fraction of sp³-hybridized carbons (Fsp3) is 0.455. The van der Waals surface area contributed by atoms with Crippen LogP contribution in [0.5, 0.6) is 5.75 Å². The molecule has 0 bridgehead atoms. The summed E-state index contributed by atoms with van der Waals surface area (Å²) in [5.41, 5.74) is 0.882. The molecule has 0 atom stereocenters. The van der Waals surface area contributed by atoms with Gasteiger partial charge in [-0.05, 0) is 19.2 Å². The Morgan fingerprint density at radius 2 is 1.87 bits per heavy atom. The number of hydrogen-bond acceptors (Lipinski definition) is 3. The summed E-state index contributed by atoms with van der Waals surface area (Å²) in [6.07, 6.45) is 0. The number of likely N-dealkylation sites (N-methyl/N-ethyl adjacent to an activating group) is 1. The SMILES string of the molecule is CN1CCN(c2ccc(Cl)cc2O)CC1. The van der Waals surface area contributed by atoms with Gasteiger partial charge in [0.05, 0.1) is 5.69 Å². The lowest BCUT2D eigenvalue weighted by molar-refractivity contribution is 0.311. The van der Waals surface area contributed by atoms with Gasteiger partial charge in [0.15, 0.2) is 0 Å². The van der Waals surface area contributed by atoms with E-state index in [1.54, 1.807) is 6.07 Å². The number of benzene rings is 1. The molecule has 1 N–H and O–H groups in total. The molecule has 0 aromatic heterocycles. The highest BCUT2D eigenvalue weighted by molar-refractivity contribution is 6.30. The van der Waals surface area contributed by atoms with Crippen molar-refractivity contribution in [2.24, 2.45) is 0 Å². The maximum atomic E-state index is 9.77. The molecule has 3 nitrogen and oxygen atoms in total. The Morgan fingerprint density at radius 3 is 2.47 bits per heavy atom. The van der Waals surface area contributed by atoms with Crippen molar-refractivity contribution in [2.45, 2.75) is 0 Å². The molecular formula is C11H15ClN2O. The predicted octanol–water partition coefficient (Wildman–Crippen LogP) is 1.80. The summed E-state index contributed by atoms with van der Waals surface area (Å²) in [4.78, 5) is 4.47. The highest BCUT2D eigenvalue weighted by Crippen LogP contribution is 2.30. The fourth-order valence-electron chi connectivity index (χ4n) is 1.81. The molecule has 82 valence electrons. The molecule has 2 rings (SSSR count). The third kappa shape index (κ3) is 2.36. The minimum absolute atomic E-state index is 0.270. The van der Waals surface area contributed by atoms with Crippen LogP contribution in [0, 0.1) is 0 Å². The highest BCUT2D eigenvalue weighted by Gasteiger charge is 2.16. The molecule has 0 spiro atoms. The Bertz CT molecular complexity index is 348. The molecule has 1 aromatic rings. The minimum Gasteiger partial charge on any atom is -0.506 e. The second-order valence-electron chi connectivity index (χ2n) is 3.92. The van der Waals surface area contributed by atoms with E-state index in [1.807, 2.05) is 12.1 Å². The number of piperazine rings is 1. The van der Waals surface area contributed by atoms with Crippen molar-refractivity contribution in [1.82, 2.24) is 4.90 Å². The summed E-state index contributed by atoms with van der Waals surface area (Å²) in [5.74, 6) is 0.270. The Morgan fingerprint density at radius 1 is 1.20 bits per heavy atom. The third-order valence-electron chi connectivity index (χ3n) is 2.78. The molecule has 0 amide bonds. The van der Waals surface area contributed by atoms with Crippen molar-refractivity contribution in [3.05, 3.63) is 23.2 Å². The summed E-state index contributed by atoms with van der Waals surface area (Å²) < 4.78 is 0. The lowest BCUT2D eigenvalue weighted by Gasteiger charge is -2.34. The van der Waals surface area contributed by atoms with Gasteiger partial charge in [-0.25, -0.2) is 0 Å². The van der Waals surface area contributed by atoms with Crippen LogP contribution in [0.3, 0.4) is 0 Å². The molecular weight excluding hydrogens is 212 g/mol. The Balaban J connectivity index is 2.15. The maximum Gasteiger partial charge on any atom is 0.140 e. The van der Waals surface area contributed by atoms with E-state index < -0.39 is 0 Å². The molecule has 1 heterocycles. The van der Waals surface area contributed by atoms with Gasteiger partial charge in [-0.1, -0.05) is 11.6 Å². The van der Waals surface area contributed by atoms with Gasteiger partial charge >= 0.3 is 0 Å². The standard InChI is InChI=1S/C11H15ClN2O/c1-13-4-6-14(7-5-13)10-3-2-9(12)8-11(10)15/h2-3,8,15H,4-7H2,1H3. The molecule has 1 saturated heterocycles. The summed E-state index contributed by atoms with van der Waals surface area (Å²) in [5, 5.41) is 10.3. The quantitative estimate of drug-likeness (QED) is 0.791. The van der Waals surface area contributed by atoms with E-state index in [4.69, 9.17) is 11.6 Å². The van der Waals surface area contributed by atoms with Crippen molar-refractivity contribution in [2.75, 3.05) is 38.1 Å². The average Bonchev–Trinajstić information content (AvgIpc) is 2.20. The van der Waals surface area contributed by atoms with Gasteiger partial charge in [-0.2, -0.15) is 0 Å². The van der Waals surface area contributed by atoms with Crippen LogP contribution in [0.2, 0.25) is 5.02 Å². The largest absolute Gasteiger partial charge is 0.506 e. The van der Waals surface area contributed by atoms with Gasteiger partial charge in [0.1, 0.15) is 5.75 Å². The van der Waals surface area contributed by atoms with E-state index in [-0.39, 0.29) is 5.75 Å². The second kappa shape index (κ2) is 4.29. The van der Waals surface area contributed by atoms with E-state index in [0.29, 0.717) is 5.02 Å². The molecule has 0 saturated carbocycles. The van der Waals surface area contributed by atoms with Crippen LogP contribution < -0.4 is 4.90 Å². The topological polar surface area (TPSA) is 26.7 Å². The number of nitrogens with zero attached hydrogens (tertiary/aromatic N) is 2.